The molecular formula is C24H26N6O2. The number of nitrogens with one attached hydrogen (secondary N) is 1. The standard InChI is InChI=1S/C24H26N6O2/c1-17(24-27-23(28-32-24)18-7-3-2-4-8-18)29-13-15-30(16-14-29)22(31)12-11-21-25-19-9-5-6-10-20(19)26-21/h2-10,17H,11-16H2,1H3,(H,25,26). The fourth-order valence-corrected chi connectivity index (χ4v) is 4.13. The van der Waals surface area contributed by atoms with Crippen LogP contribution in [0.25, 0.3) is 22.4 Å². The third-order valence-electron chi connectivity index (χ3n) is 6.06. The number of aryl methyl sites for hydroxylation is 1. The van der Waals surface area contributed by atoms with Gasteiger partial charge < -0.3 is 14.4 Å². The minimum Gasteiger partial charge on any atom is -0.342 e. The fraction of sp³-hybridized carbons (Fsp3) is 0.333. The quantitative estimate of drug-likeness (QED) is 0.504. The van der Waals surface area contributed by atoms with Gasteiger partial charge in [-0.15, -0.1) is 0 Å². The topological polar surface area (TPSA) is 91.2 Å². The molecule has 0 aliphatic carbocycles. The van der Waals surface area contributed by atoms with Crippen LogP contribution in [0.1, 0.15) is 31.1 Å². The van der Waals surface area contributed by atoms with E-state index in [-0.39, 0.29) is 11.9 Å². The number of H-pyrrole nitrogens is 1. The second-order valence-corrected chi connectivity index (χ2v) is 8.12. The number of aromatic nitrogens is 4. The monoisotopic (exact) mass is 430 g/mol. The molecule has 4 aromatic rings. The van der Waals surface area contributed by atoms with Crippen molar-refractivity contribution < 1.29 is 9.32 Å². The summed E-state index contributed by atoms with van der Waals surface area (Å²) in [6.07, 6.45) is 1.08. The molecule has 8 heteroatoms. The Morgan fingerprint density at radius 3 is 2.56 bits per heavy atom. The molecule has 1 aliphatic heterocycles. The van der Waals surface area contributed by atoms with Gasteiger partial charge in [0.05, 0.1) is 17.1 Å². The van der Waals surface area contributed by atoms with Crippen molar-refractivity contribution in [3.05, 3.63) is 66.3 Å². The molecule has 1 atom stereocenters. The first-order chi connectivity index (χ1) is 15.7. The number of para-hydroxylation sites is 2. The Hall–Kier alpha value is -3.52. The number of nitrogens with zero attached hydrogens (tertiary/aromatic N) is 5. The van der Waals surface area contributed by atoms with Crippen LogP contribution in [0, 0.1) is 0 Å². The molecule has 0 bridgehead atoms. The normalized spacial score (nSPS) is 15.8. The zero-order chi connectivity index (χ0) is 21.9. The van der Waals surface area contributed by atoms with Crippen LogP contribution in [-0.2, 0) is 11.2 Å². The van der Waals surface area contributed by atoms with Gasteiger partial charge in [-0.2, -0.15) is 4.98 Å². The van der Waals surface area contributed by atoms with E-state index in [4.69, 9.17) is 4.52 Å². The number of rotatable bonds is 6. The van der Waals surface area contributed by atoms with Crippen molar-refractivity contribution in [1.82, 2.24) is 29.9 Å². The molecule has 1 N–H and O–H groups in total. The summed E-state index contributed by atoms with van der Waals surface area (Å²) in [5, 5.41) is 4.13. The average Bonchev–Trinajstić information content (AvgIpc) is 3.50. The molecule has 164 valence electrons. The lowest BCUT2D eigenvalue weighted by atomic mass is 10.2. The molecule has 3 heterocycles. The van der Waals surface area contributed by atoms with E-state index in [0.29, 0.717) is 37.6 Å². The van der Waals surface area contributed by atoms with Crippen LogP contribution >= 0.6 is 0 Å². The first-order valence-corrected chi connectivity index (χ1v) is 11.0. The van der Waals surface area contributed by atoms with Crippen LogP contribution < -0.4 is 0 Å². The summed E-state index contributed by atoms with van der Waals surface area (Å²) >= 11 is 0. The predicted molar refractivity (Wildman–Crippen MR) is 121 cm³/mol. The lowest BCUT2D eigenvalue weighted by molar-refractivity contribution is -0.133. The van der Waals surface area contributed by atoms with Crippen molar-refractivity contribution in [3.63, 3.8) is 0 Å². The highest BCUT2D eigenvalue weighted by molar-refractivity contribution is 5.77. The molecular weight excluding hydrogens is 404 g/mol. The molecule has 5 rings (SSSR count). The molecule has 1 fully saturated rings. The molecule has 0 radical (unpaired) electrons. The molecule has 0 spiro atoms. The molecule has 2 aromatic heterocycles. The molecule has 1 unspecified atom stereocenters. The number of aromatic amines is 1. The molecule has 2 aromatic carbocycles. The van der Waals surface area contributed by atoms with Gasteiger partial charge in [0.25, 0.3) is 0 Å². The predicted octanol–water partition coefficient (Wildman–Crippen LogP) is 3.45. The summed E-state index contributed by atoms with van der Waals surface area (Å²) in [7, 11) is 0. The lowest BCUT2D eigenvalue weighted by Crippen LogP contribution is -2.49. The second kappa shape index (κ2) is 8.92. The van der Waals surface area contributed by atoms with Gasteiger partial charge in [0.2, 0.25) is 17.6 Å². The van der Waals surface area contributed by atoms with Crippen molar-refractivity contribution in [2.24, 2.45) is 0 Å². The summed E-state index contributed by atoms with van der Waals surface area (Å²) in [5.74, 6) is 2.24. The first-order valence-electron chi connectivity index (χ1n) is 11.0. The number of piperazine rings is 1. The molecule has 0 saturated carbocycles. The SMILES string of the molecule is CC(c1nc(-c2ccccc2)no1)N1CCN(C(=O)CCc2nc3ccccc3[nH]2)CC1. The number of carbonyl (C=O) groups is 1. The van der Waals surface area contributed by atoms with Gasteiger partial charge in [-0.1, -0.05) is 47.6 Å². The lowest BCUT2D eigenvalue weighted by Gasteiger charge is -2.36. The van der Waals surface area contributed by atoms with Crippen LogP contribution in [-0.4, -0.2) is 62.0 Å². The molecule has 1 amide bonds. The van der Waals surface area contributed by atoms with Crippen LogP contribution in [0.4, 0.5) is 0 Å². The Kier molecular flexibility index (Phi) is 5.68. The third kappa shape index (κ3) is 4.27. The van der Waals surface area contributed by atoms with Crippen molar-refractivity contribution in [2.75, 3.05) is 26.2 Å². The van der Waals surface area contributed by atoms with Crippen LogP contribution in [0.3, 0.4) is 0 Å². The highest BCUT2D eigenvalue weighted by Gasteiger charge is 2.27. The number of benzene rings is 2. The smallest absolute Gasteiger partial charge is 0.244 e. The van der Waals surface area contributed by atoms with Gasteiger partial charge >= 0.3 is 0 Å². The zero-order valence-corrected chi connectivity index (χ0v) is 18.1. The van der Waals surface area contributed by atoms with Crippen LogP contribution in [0.15, 0.2) is 59.1 Å². The van der Waals surface area contributed by atoms with Gasteiger partial charge in [0.1, 0.15) is 5.82 Å². The third-order valence-corrected chi connectivity index (χ3v) is 6.06. The maximum Gasteiger partial charge on any atom is 0.244 e. The maximum absolute atomic E-state index is 12.7. The number of carbonyl (C=O) groups excluding carboxylic acids is 1. The van der Waals surface area contributed by atoms with Crippen molar-refractivity contribution in [3.8, 4) is 11.4 Å². The Labute approximate surface area is 186 Å². The van der Waals surface area contributed by atoms with Gasteiger partial charge in [0.15, 0.2) is 0 Å². The van der Waals surface area contributed by atoms with Crippen molar-refractivity contribution in [1.29, 1.82) is 0 Å². The Morgan fingerprint density at radius 2 is 1.78 bits per heavy atom. The zero-order valence-electron chi connectivity index (χ0n) is 18.1. The van der Waals surface area contributed by atoms with E-state index in [1.165, 1.54) is 0 Å². The van der Waals surface area contributed by atoms with Crippen molar-refractivity contribution in [2.45, 2.75) is 25.8 Å². The van der Waals surface area contributed by atoms with Crippen LogP contribution in [0.5, 0.6) is 0 Å². The van der Waals surface area contributed by atoms with E-state index >= 15 is 0 Å². The Bertz CT molecular complexity index is 1160. The van der Waals surface area contributed by atoms with E-state index in [1.807, 2.05) is 59.5 Å². The highest BCUT2D eigenvalue weighted by atomic mass is 16.5. The van der Waals surface area contributed by atoms with E-state index in [2.05, 4.69) is 31.9 Å². The van der Waals surface area contributed by atoms with E-state index < -0.39 is 0 Å². The minimum absolute atomic E-state index is 0.00719. The van der Waals surface area contributed by atoms with E-state index in [1.54, 1.807) is 0 Å². The van der Waals surface area contributed by atoms with Gasteiger partial charge in [0, 0.05) is 44.6 Å². The van der Waals surface area contributed by atoms with Gasteiger partial charge in [-0.3, -0.25) is 9.69 Å². The first kappa shape index (κ1) is 20.4. The molecule has 8 nitrogen and oxygen atoms in total. The summed E-state index contributed by atoms with van der Waals surface area (Å²) in [5.41, 5.74) is 2.89. The fourth-order valence-electron chi connectivity index (χ4n) is 4.13. The van der Waals surface area contributed by atoms with Crippen LogP contribution in [0.2, 0.25) is 0 Å². The number of amides is 1. The molecule has 32 heavy (non-hydrogen) atoms. The number of imidazole rings is 1. The summed E-state index contributed by atoms with van der Waals surface area (Å²) in [6, 6.07) is 17.7. The number of hydrogen-bond acceptors (Lipinski definition) is 6. The van der Waals surface area contributed by atoms with E-state index in [0.717, 1.165) is 35.5 Å². The van der Waals surface area contributed by atoms with Crippen molar-refractivity contribution >= 4 is 16.9 Å². The second-order valence-electron chi connectivity index (χ2n) is 8.12. The van der Waals surface area contributed by atoms with Gasteiger partial charge in [-0.05, 0) is 19.1 Å². The number of hydrogen-bond donors (Lipinski definition) is 1. The molecule has 1 aliphatic rings. The average molecular weight is 431 g/mol. The largest absolute Gasteiger partial charge is 0.342 e. The Morgan fingerprint density at radius 1 is 1.03 bits per heavy atom. The Balaban J connectivity index is 1.13. The minimum atomic E-state index is 0.00719. The molecule has 1 saturated heterocycles. The maximum atomic E-state index is 12.7. The summed E-state index contributed by atoms with van der Waals surface area (Å²) in [6.45, 7) is 5.02. The summed E-state index contributed by atoms with van der Waals surface area (Å²) < 4.78 is 5.53. The summed E-state index contributed by atoms with van der Waals surface area (Å²) in [4.78, 5) is 29.4. The highest BCUT2D eigenvalue weighted by Crippen LogP contribution is 2.23. The number of fused-ring (bicyclic) bond motifs is 1. The van der Waals surface area contributed by atoms with Gasteiger partial charge in [-0.25, -0.2) is 4.98 Å². The van der Waals surface area contributed by atoms with E-state index in [9.17, 15) is 4.79 Å².